The highest BCUT2D eigenvalue weighted by molar-refractivity contribution is 5.92. The summed E-state index contributed by atoms with van der Waals surface area (Å²) in [4.78, 5) is 4.56. The van der Waals surface area contributed by atoms with Crippen molar-refractivity contribution in [3.8, 4) is 0 Å². The Labute approximate surface area is 132 Å². The molecule has 0 radical (unpaired) electrons. The highest BCUT2D eigenvalue weighted by Gasteiger charge is 2.33. The molecule has 22 heavy (non-hydrogen) atoms. The number of anilines is 1. The van der Waals surface area contributed by atoms with E-state index in [9.17, 15) is 5.11 Å². The van der Waals surface area contributed by atoms with Crippen molar-refractivity contribution in [3.05, 3.63) is 29.3 Å². The van der Waals surface area contributed by atoms with Crippen LogP contribution in [0.3, 0.4) is 0 Å². The molecule has 4 N–H and O–H groups in total. The number of rotatable bonds is 5. The number of nitrogens with zero attached hydrogens (tertiary/aromatic N) is 1. The molecular formula is C18H27N3O. The van der Waals surface area contributed by atoms with E-state index in [0.717, 1.165) is 31.5 Å². The van der Waals surface area contributed by atoms with Gasteiger partial charge in [-0.25, -0.2) is 0 Å². The van der Waals surface area contributed by atoms with Crippen molar-refractivity contribution < 1.29 is 5.11 Å². The molecule has 2 aliphatic rings. The Morgan fingerprint density at radius 2 is 1.95 bits per heavy atom. The quantitative estimate of drug-likeness (QED) is 0.578. The van der Waals surface area contributed by atoms with E-state index in [1.165, 1.54) is 43.2 Å². The fraction of sp³-hybridized carbons (Fsp3) is 0.611. The molecule has 0 aromatic heterocycles. The molecule has 0 aliphatic heterocycles. The number of aliphatic imine (C=N–C) groups is 1. The van der Waals surface area contributed by atoms with Crippen LogP contribution >= 0.6 is 0 Å². The zero-order chi connectivity index (χ0) is 15.4. The first-order valence-electron chi connectivity index (χ1n) is 8.50. The van der Waals surface area contributed by atoms with Crippen molar-refractivity contribution in [1.29, 1.82) is 0 Å². The molecule has 4 nitrogen and oxygen atoms in total. The average molecular weight is 301 g/mol. The third-order valence-electron chi connectivity index (χ3n) is 5.26. The van der Waals surface area contributed by atoms with Gasteiger partial charge in [0.25, 0.3) is 0 Å². The summed E-state index contributed by atoms with van der Waals surface area (Å²) >= 11 is 0. The maximum atomic E-state index is 9.29. The lowest BCUT2D eigenvalue weighted by Crippen LogP contribution is -2.28. The fourth-order valence-electron chi connectivity index (χ4n) is 3.94. The maximum Gasteiger partial charge on any atom is 0.193 e. The summed E-state index contributed by atoms with van der Waals surface area (Å²) in [6.45, 7) is 0.963. The number of fused-ring (bicyclic) bond motifs is 1. The van der Waals surface area contributed by atoms with Crippen LogP contribution in [0.2, 0.25) is 0 Å². The van der Waals surface area contributed by atoms with Gasteiger partial charge >= 0.3 is 0 Å². The Kier molecular flexibility index (Phi) is 4.67. The first-order chi connectivity index (χ1) is 10.7. The summed E-state index contributed by atoms with van der Waals surface area (Å²) in [5.41, 5.74) is 10.2. The summed E-state index contributed by atoms with van der Waals surface area (Å²) in [5, 5.41) is 12.5. The number of aryl methyl sites for hydroxylation is 2. The maximum absolute atomic E-state index is 9.29. The Bertz CT molecular complexity index is 547. The van der Waals surface area contributed by atoms with Crippen LogP contribution in [0.5, 0.6) is 0 Å². The van der Waals surface area contributed by atoms with Gasteiger partial charge in [0.2, 0.25) is 0 Å². The van der Waals surface area contributed by atoms with Crippen LogP contribution in [-0.2, 0) is 12.8 Å². The van der Waals surface area contributed by atoms with E-state index in [4.69, 9.17) is 5.73 Å². The molecular weight excluding hydrogens is 274 g/mol. The summed E-state index contributed by atoms with van der Waals surface area (Å²) in [7, 11) is 0. The van der Waals surface area contributed by atoms with Crippen LogP contribution in [0.4, 0.5) is 5.69 Å². The minimum absolute atomic E-state index is 0.166. The second-order valence-electron chi connectivity index (χ2n) is 6.84. The number of benzene rings is 1. The minimum atomic E-state index is 0.166. The molecule has 0 saturated heterocycles. The van der Waals surface area contributed by atoms with Crippen LogP contribution in [0.25, 0.3) is 0 Å². The second-order valence-corrected chi connectivity index (χ2v) is 6.84. The molecule has 0 spiro atoms. The first kappa shape index (κ1) is 15.3. The van der Waals surface area contributed by atoms with Crippen LogP contribution in [-0.4, -0.2) is 24.2 Å². The third kappa shape index (κ3) is 3.43. The van der Waals surface area contributed by atoms with Gasteiger partial charge in [0.15, 0.2) is 5.96 Å². The molecule has 0 unspecified atom stereocenters. The Morgan fingerprint density at radius 1 is 1.18 bits per heavy atom. The highest BCUT2D eigenvalue weighted by atomic mass is 16.3. The predicted molar refractivity (Wildman–Crippen MR) is 91.2 cm³/mol. The van der Waals surface area contributed by atoms with Gasteiger partial charge in [-0.05, 0) is 67.2 Å². The molecule has 4 heteroatoms. The lowest BCUT2D eigenvalue weighted by molar-refractivity contribution is 0.191. The van der Waals surface area contributed by atoms with Gasteiger partial charge < -0.3 is 16.2 Å². The standard InChI is InChI=1S/C18H27N3O/c19-17(20-13-18(10-11-22)8-1-2-9-18)21-16-7-6-14-4-3-5-15(14)12-16/h6-7,12,22H,1-5,8-11,13H2,(H3,19,20,21). The molecule has 120 valence electrons. The second kappa shape index (κ2) is 6.69. The first-order valence-corrected chi connectivity index (χ1v) is 8.50. The van der Waals surface area contributed by atoms with Crippen molar-refractivity contribution in [2.75, 3.05) is 18.5 Å². The van der Waals surface area contributed by atoms with Crippen molar-refractivity contribution in [2.24, 2.45) is 16.1 Å². The summed E-state index contributed by atoms with van der Waals surface area (Å²) < 4.78 is 0. The normalized spacial score (nSPS) is 20.1. The molecule has 1 saturated carbocycles. The van der Waals surface area contributed by atoms with Gasteiger partial charge in [-0.1, -0.05) is 18.9 Å². The Hall–Kier alpha value is -1.55. The summed E-state index contributed by atoms with van der Waals surface area (Å²) in [6.07, 6.45) is 9.26. The monoisotopic (exact) mass is 301 g/mol. The SMILES string of the molecule is NC(=NCC1(CCO)CCCC1)Nc1ccc2c(c1)CCC2. The van der Waals surface area contributed by atoms with E-state index in [1.807, 2.05) is 0 Å². The molecule has 0 amide bonds. The predicted octanol–water partition coefficient (Wildman–Crippen LogP) is 2.84. The molecule has 1 fully saturated rings. The molecule has 2 aliphatic carbocycles. The van der Waals surface area contributed by atoms with E-state index in [1.54, 1.807) is 0 Å². The van der Waals surface area contributed by atoms with Crippen molar-refractivity contribution in [2.45, 2.75) is 51.4 Å². The van der Waals surface area contributed by atoms with Gasteiger partial charge in [0, 0.05) is 18.8 Å². The average Bonchev–Trinajstić information content (AvgIpc) is 3.15. The lowest BCUT2D eigenvalue weighted by Gasteiger charge is -2.26. The molecule has 0 heterocycles. The number of guanidine groups is 1. The van der Waals surface area contributed by atoms with Gasteiger partial charge in [-0.15, -0.1) is 0 Å². The van der Waals surface area contributed by atoms with E-state index in [-0.39, 0.29) is 12.0 Å². The van der Waals surface area contributed by atoms with E-state index >= 15 is 0 Å². The third-order valence-corrected chi connectivity index (χ3v) is 5.26. The fourth-order valence-corrected chi connectivity index (χ4v) is 3.94. The molecule has 3 rings (SSSR count). The van der Waals surface area contributed by atoms with Crippen molar-refractivity contribution >= 4 is 11.6 Å². The summed E-state index contributed by atoms with van der Waals surface area (Å²) in [5.74, 6) is 0.488. The van der Waals surface area contributed by atoms with Crippen molar-refractivity contribution in [3.63, 3.8) is 0 Å². The number of hydrogen-bond acceptors (Lipinski definition) is 2. The zero-order valence-electron chi connectivity index (χ0n) is 13.3. The highest BCUT2D eigenvalue weighted by Crippen LogP contribution is 2.41. The number of aliphatic hydroxyl groups excluding tert-OH is 1. The smallest absolute Gasteiger partial charge is 0.193 e. The van der Waals surface area contributed by atoms with Crippen LogP contribution in [0, 0.1) is 5.41 Å². The Morgan fingerprint density at radius 3 is 2.73 bits per heavy atom. The van der Waals surface area contributed by atoms with Gasteiger partial charge in [-0.3, -0.25) is 4.99 Å². The minimum Gasteiger partial charge on any atom is -0.396 e. The van der Waals surface area contributed by atoms with Crippen LogP contribution < -0.4 is 11.1 Å². The molecule has 1 aromatic carbocycles. The Balaban J connectivity index is 1.62. The van der Waals surface area contributed by atoms with Crippen molar-refractivity contribution in [1.82, 2.24) is 0 Å². The van der Waals surface area contributed by atoms with Gasteiger partial charge in [-0.2, -0.15) is 0 Å². The molecule has 1 aromatic rings. The number of aliphatic hydroxyl groups is 1. The van der Waals surface area contributed by atoms with E-state index in [2.05, 4.69) is 28.5 Å². The number of nitrogens with one attached hydrogen (secondary N) is 1. The number of hydrogen-bond donors (Lipinski definition) is 3. The molecule has 0 atom stereocenters. The van der Waals surface area contributed by atoms with E-state index < -0.39 is 0 Å². The van der Waals surface area contributed by atoms with Gasteiger partial charge in [0.05, 0.1) is 0 Å². The topological polar surface area (TPSA) is 70.6 Å². The lowest BCUT2D eigenvalue weighted by atomic mass is 9.83. The van der Waals surface area contributed by atoms with Gasteiger partial charge in [0.1, 0.15) is 0 Å². The van der Waals surface area contributed by atoms with Crippen LogP contribution in [0.15, 0.2) is 23.2 Å². The van der Waals surface area contributed by atoms with Crippen LogP contribution in [0.1, 0.15) is 49.7 Å². The largest absolute Gasteiger partial charge is 0.396 e. The molecule has 0 bridgehead atoms. The van der Waals surface area contributed by atoms with E-state index in [0.29, 0.717) is 5.96 Å². The summed E-state index contributed by atoms with van der Waals surface area (Å²) in [6, 6.07) is 6.48. The number of nitrogens with two attached hydrogens (primary N) is 1. The zero-order valence-corrected chi connectivity index (χ0v) is 13.3.